The van der Waals surface area contributed by atoms with Crippen LogP contribution in [0.4, 0.5) is 17.6 Å². The van der Waals surface area contributed by atoms with Gasteiger partial charge in [0.05, 0.1) is 6.61 Å². The van der Waals surface area contributed by atoms with Gasteiger partial charge in [0.2, 0.25) is 5.88 Å². The lowest BCUT2D eigenvalue weighted by molar-refractivity contribution is -0.0528. The lowest BCUT2D eigenvalue weighted by atomic mass is 10.0. The van der Waals surface area contributed by atoms with E-state index in [0.29, 0.717) is 17.5 Å². The van der Waals surface area contributed by atoms with Crippen molar-refractivity contribution in [1.29, 1.82) is 0 Å². The van der Waals surface area contributed by atoms with Gasteiger partial charge < -0.3 is 14.6 Å². The van der Waals surface area contributed by atoms with Crippen molar-refractivity contribution in [2.75, 3.05) is 6.61 Å². The number of aromatic nitrogens is 1. The van der Waals surface area contributed by atoms with Crippen LogP contribution < -0.4 is 9.47 Å². The van der Waals surface area contributed by atoms with Gasteiger partial charge in [0.25, 0.3) is 0 Å². The van der Waals surface area contributed by atoms with Crippen LogP contribution in [0.2, 0.25) is 0 Å². The molecule has 0 atom stereocenters. The van der Waals surface area contributed by atoms with E-state index in [2.05, 4.69) is 14.5 Å². The summed E-state index contributed by atoms with van der Waals surface area (Å²) in [5.41, 5.74) is 1.43. The molecule has 1 aromatic heterocycles. The highest BCUT2D eigenvalue weighted by atomic mass is 32.2. The molecule has 0 bridgehead atoms. The molecule has 1 heterocycles. The molecule has 0 aliphatic heterocycles. The standard InChI is InChI=1S/C21H21F4NO3S/c1-3-15(30-16(4-2)12-27)9-13-5-6-18(28-20(22)23)17(10-13)14-7-8-26-19(11-14)29-21(24)25/h3-8,10-11,20-21,27H,9,12H2,1-2H3/b15-3-,16-4-. The van der Waals surface area contributed by atoms with E-state index in [9.17, 15) is 22.7 Å². The van der Waals surface area contributed by atoms with E-state index in [1.54, 1.807) is 18.2 Å². The predicted molar refractivity (Wildman–Crippen MR) is 109 cm³/mol. The molecule has 0 saturated heterocycles. The summed E-state index contributed by atoms with van der Waals surface area (Å²) in [5.74, 6) is -0.427. The molecule has 1 N–H and O–H groups in total. The Hall–Kier alpha value is -2.52. The van der Waals surface area contributed by atoms with Crippen LogP contribution >= 0.6 is 11.8 Å². The van der Waals surface area contributed by atoms with Gasteiger partial charge in [0.1, 0.15) is 5.75 Å². The number of aliphatic hydroxyl groups is 1. The van der Waals surface area contributed by atoms with Crippen molar-refractivity contribution < 1.29 is 32.1 Å². The normalized spacial score (nSPS) is 12.6. The first-order valence-corrected chi connectivity index (χ1v) is 9.76. The molecule has 0 fully saturated rings. The number of hydrogen-bond donors (Lipinski definition) is 1. The number of thioether (sulfide) groups is 1. The minimum absolute atomic E-state index is 0.0884. The van der Waals surface area contributed by atoms with Crippen LogP contribution in [0.5, 0.6) is 11.6 Å². The molecule has 30 heavy (non-hydrogen) atoms. The molecule has 0 aliphatic carbocycles. The van der Waals surface area contributed by atoms with Crippen molar-refractivity contribution in [3.05, 3.63) is 64.1 Å². The van der Waals surface area contributed by atoms with Crippen molar-refractivity contribution in [3.8, 4) is 22.8 Å². The summed E-state index contributed by atoms with van der Waals surface area (Å²) >= 11 is 1.42. The van der Waals surface area contributed by atoms with Crippen molar-refractivity contribution in [1.82, 2.24) is 4.98 Å². The molecule has 4 nitrogen and oxygen atoms in total. The number of aliphatic hydroxyl groups excluding tert-OH is 1. The summed E-state index contributed by atoms with van der Waals surface area (Å²) in [6.45, 7) is -2.51. The van der Waals surface area contributed by atoms with E-state index in [0.717, 1.165) is 15.4 Å². The number of pyridine rings is 1. The van der Waals surface area contributed by atoms with Gasteiger partial charge in [-0.25, -0.2) is 4.98 Å². The average Bonchev–Trinajstić information content (AvgIpc) is 2.71. The average molecular weight is 443 g/mol. The quantitative estimate of drug-likeness (QED) is 0.455. The Morgan fingerprint density at radius 2 is 1.73 bits per heavy atom. The van der Waals surface area contributed by atoms with Gasteiger partial charge >= 0.3 is 13.2 Å². The smallest absolute Gasteiger partial charge is 0.388 e. The second kappa shape index (κ2) is 11.6. The second-order valence-corrected chi connectivity index (χ2v) is 7.17. The molecule has 0 radical (unpaired) electrons. The first-order chi connectivity index (χ1) is 14.4. The summed E-state index contributed by atoms with van der Waals surface area (Å²) in [5, 5.41) is 9.36. The third-order valence-electron chi connectivity index (χ3n) is 3.96. The van der Waals surface area contributed by atoms with Crippen LogP contribution in [-0.4, -0.2) is 29.9 Å². The molecular formula is C21H21F4NO3S. The van der Waals surface area contributed by atoms with Gasteiger partial charge in [0, 0.05) is 29.2 Å². The molecule has 0 unspecified atom stereocenters. The highest BCUT2D eigenvalue weighted by molar-refractivity contribution is 8.06. The zero-order chi connectivity index (χ0) is 22.1. The van der Waals surface area contributed by atoms with Gasteiger partial charge in [0.15, 0.2) is 0 Å². The fourth-order valence-corrected chi connectivity index (χ4v) is 3.47. The Balaban J connectivity index is 2.40. The minimum Gasteiger partial charge on any atom is -0.434 e. The molecule has 0 spiro atoms. The highest BCUT2D eigenvalue weighted by Crippen LogP contribution is 2.35. The Morgan fingerprint density at radius 3 is 2.33 bits per heavy atom. The lowest BCUT2D eigenvalue weighted by Gasteiger charge is -2.15. The summed E-state index contributed by atoms with van der Waals surface area (Å²) in [6, 6.07) is 7.43. The third kappa shape index (κ3) is 7.07. The molecule has 2 rings (SSSR count). The number of benzene rings is 1. The summed E-state index contributed by atoms with van der Waals surface area (Å²) in [4.78, 5) is 5.43. The lowest BCUT2D eigenvalue weighted by Crippen LogP contribution is -2.05. The SMILES string of the molecule is C/C=C(/CO)S/C(=C\C)Cc1ccc(OC(F)F)c(-c2ccnc(OC(F)F)c2)c1. The molecule has 0 amide bonds. The number of rotatable bonds is 10. The number of allylic oxidation sites excluding steroid dienone is 3. The van der Waals surface area contributed by atoms with E-state index in [1.165, 1.54) is 36.2 Å². The highest BCUT2D eigenvalue weighted by Gasteiger charge is 2.15. The Kier molecular flexibility index (Phi) is 9.19. The Bertz CT molecular complexity index is 904. The fourth-order valence-electron chi connectivity index (χ4n) is 2.59. The monoisotopic (exact) mass is 443 g/mol. The molecule has 2 aromatic rings. The molecule has 9 heteroatoms. The molecular weight excluding hydrogens is 422 g/mol. The second-order valence-electron chi connectivity index (χ2n) is 5.92. The minimum atomic E-state index is -3.06. The van der Waals surface area contributed by atoms with E-state index >= 15 is 0 Å². The number of ether oxygens (including phenoxy) is 2. The summed E-state index contributed by atoms with van der Waals surface area (Å²) in [7, 11) is 0. The first kappa shape index (κ1) is 23.8. The molecule has 0 saturated carbocycles. The fraction of sp³-hybridized carbons (Fsp3) is 0.286. The van der Waals surface area contributed by atoms with Crippen molar-refractivity contribution in [2.24, 2.45) is 0 Å². The van der Waals surface area contributed by atoms with Gasteiger partial charge in [-0.15, -0.1) is 0 Å². The van der Waals surface area contributed by atoms with Crippen LogP contribution in [0, 0.1) is 0 Å². The van der Waals surface area contributed by atoms with Gasteiger partial charge in [-0.1, -0.05) is 30.0 Å². The molecule has 162 valence electrons. The van der Waals surface area contributed by atoms with Gasteiger partial charge in [-0.05, 0) is 48.1 Å². The van der Waals surface area contributed by atoms with Crippen molar-refractivity contribution in [2.45, 2.75) is 33.5 Å². The van der Waals surface area contributed by atoms with E-state index in [4.69, 9.17) is 0 Å². The number of alkyl halides is 4. The first-order valence-electron chi connectivity index (χ1n) is 8.94. The van der Waals surface area contributed by atoms with Crippen molar-refractivity contribution >= 4 is 11.8 Å². The predicted octanol–water partition coefficient (Wildman–Crippen LogP) is 6.03. The summed E-state index contributed by atoms with van der Waals surface area (Å²) in [6.07, 6.45) is 5.43. The maximum atomic E-state index is 12.9. The van der Waals surface area contributed by atoms with Gasteiger partial charge in [-0.3, -0.25) is 0 Å². The van der Waals surface area contributed by atoms with Crippen LogP contribution in [0.1, 0.15) is 19.4 Å². The van der Waals surface area contributed by atoms with E-state index < -0.39 is 13.2 Å². The third-order valence-corrected chi connectivity index (χ3v) is 5.23. The molecule has 1 aromatic carbocycles. The summed E-state index contributed by atoms with van der Waals surface area (Å²) < 4.78 is 59.6. The van der Waals surface area contributed by atoms with Crippen LogP contribution in [0.15, 0.2) is 58.5 Å². The van der Waals surface area contributed by atoms with Crippen LogP contribution in [-0.2, 0) is 6.42 Å². The Morgan fingerprint density at radius 1 is 1.03 bits per heavy atom. The maximum absolute atomic E-state index is 12.9. The van der Waals surface area contributed by atoms with E-state index in [1.807, 2.05) is 19.9 Å². The van der Waals surface area contributed by atoms with Gasteiger partial charge in [-0.2, -0.15) is 17.6 Å². The van der Waals surface area contributed by atoms with Crippen LogP contribution in [0.3, 0.4) is 0 Å². The maximum Gasteiger partial charge on any atom is 0.388 e. The topological polar surface area (TPSA) is 51.6 Å². The number of halogens is 4. The zero-order valence-electron chi connectivity index (χ0n) is 16.3. The number of nitrogens with zero attached hydrogens (tertiary/aromatic N) is 1. The molecule has 0 aliphatic rings. The van der Waals surface area contributed by atoms with E-state index in [-0.39, 0.29) is 18.2 Å². The zero-order valence-corrected chi connectivity index (χ0v) is 17.1. The number of hydrogen-bond acceptors (Lipinski definition) is 5. The van der Waals surface area contributed by atoms with Crippen molar-refractivity contribution in [3.63, 3.8) is 0 Å². The largest absolute Gasteiger partial charge is 0.434 e. The van der Waals surface area contributed by atoms with Crippen LogP contribution in [0.25, 0.3) is 11.1 Å². The Labute approximate surface area is 176 Å².